The fourth-order valence-electron chi connectivity index (χ4n) is 3.30. The van der Waals surface area contributed by atoms with Gasteiger partial charge in [-0.25, -0.2) is 4.98 Å². The van der Waals surface area contributed by atoms with Crippen LogP contribution in [0.15, 0.2) is 83.8 Å². The molecule has 32 heavy (non-hydrogen) atoms. The fourth-order valence-corrected chi connectivity index (χ4v) is 3.30. The van der Waals surface area contributed by atoms with Crippen molar-refractivity contribution < 1.29 is 14.5 Å². The molecule has 0 unspecified atom stereocenters. The molecule has 1 amide bonds. The van der Waals surface area contributed by atoms with Gasteiger partial charge in [-0.15, -0.1) is 0 Å². The number of nitro benzene ring substituents is 1. The molecule has 0 radical (unpaired) electrons. The summed E-state index contributed by atoms with van der Waals surface area (Å²) in [6.07, 6.45) is 1.13. The van der Waals surface area contributed by atoms with E-state index in [0.717, 1.165) is 12.3 Å². The molecule has 0 saturated heterocycles. The molecular weight excluding hydrogens is 412 g/mol. The lowest BCUT2D eigenvalue weighted by atomic mass is 10.0. The molecule has 0 aliphatic rings. The zero-order valence-corrected chi connectivity index (χ0v) is 16.6. The SMILES string of the molecule is O=C(Cn1c(=O)cnc2ccccc21)Nc1ccc([N+](=O)[O-])cc1C(=O)c1ccccc1. The predicted molar refractivity (Wildman–Crippen MR) is 118 cm³/mol. The number of benzene rings is 3. The molecule has 0 saturated carbocycles. The van der Waals surface area contributed by atoms with Crippen LogP contribution in [0.1, 0.15) is 15.9 Å². The Kier molecular flexibility index (Phi) is 5.54. The third-order valence-electron chi connectivity index (χ3n) is 4.82. The molecule has 9 nitrogen and oxygen atoms in total. The van der Waals surface area contributed by atoms with E-state index in [0.29, 0.717) is 16.6 Å². The lowest BCUT2D eigenvalue weighted by Crippen LogP contribution is -2.28. The Morgan fingerprint density at radius 3 is 2.47 bits per heavy atom. The summed E-state index contributed by atoms with van der Waals surface area (Å²) in [7, 11) is 0. The van der Waals surface area contributed by atoms with Crippen molar-refractivity contribution in [3.8, 4) is 0 Å². The molecule has 3 aromatic carbocycles. The van der Waals surface area contributed by atoms with Gasteiger partial charge in [0.05, 0.1) is 33.4 Å². The average molecular weight is 428 g/mol. The van der Waals surface area contributed by atoms with E-state index in [1.165, 1.54) is 16.7 Å². The maximum Gasteiger partial charge on any atom is 0.270 e. The van der Waals surface area contributed by atoms with Crippen molar-refractivity contribution in [3.63, 3.8) is 0 Å². The second-order valence-electron chi connectivity index (χ2n) is 6.90. The Hall–Kier alpha value is -4.66. The van der Waals surface area contributed by atoms with Gasteiger partial charge in [-0.05, 0) is 18.2 Å². The molecule has 9 heteroatoms. The van der Waals surface area contributed by atoms with Crippen LogP contribution in [-0.4, -0.2) is 26.2 Å². The molecule has 0 bridgehead atoms. The van der Waals surface area contributed by atoms with Crippen molar-refractivity contribution in [2.45, 2.75) is 6.54 Å². The molecule has 4 aromatic rings. The third kappa shape index (κ3) is 4.12. The number of anilines is 1. The number of para-hydroxylation sites is 2. The number of ketones is 1. The first-order valence-electron chi connectivity index (χ1n) is 9.56. The van der Waals surface area contributed by atoms with Crippen LogP contribution in [-0.2, 0) is 11.3 Å². The summed E-state index contributed by atoms with van der Waals surface area (Å²) in [5, 5.41) is 13.8. The van der Waals surface area contributed by atoms with E-state index >= 15 is 0 Å². The molecular formula is C23H16N4O5. The molecule has 0 aliphatic heterocycles. The second kappa shape index (κ2) is 8.60. The maximum atomic E-state index is 13.0. The topological polar surface area (TPSA) is 124 Å². The highest BCUT2D eigenvalue weighted by Crippen LogP contribution is 2.25. The van der Waals surface area contributed by atoms with E-state index < -0.39 is 22.2 Å². The van der Waals surface area contributed by atoms with Crippen LogP contribution in [0.5, 0.6) is 0 Å². The number of amides is 1. The van der Waals surface area contributed by atoms with E-state index in [1.807, 2.05) is 0 Å². The highest BCUT2D eigenvalue weighted by molar-refractivity contribution is 6.14. The summed E-state index contributed by atoms with van der Waals surface area (Å²) in [5.74, 6) is -1.05. The summed E-state index contributed by atoms with van der Waals surface area (Å²) in [6.45, 7) is -0.322. The van der Waals surface area contributed by atoms with E-state index in [-0.39, 0.29) is 23.5 Å². The first-order chi connectivity index (χ1) is 15.4. The number of nitrogens with one attached hydrogen (secondary N) is 1. The number of carbonyl (C=O) groups excluding carboxylic acids is 2. The highest BCUT2D eigenvalue weighted by Gasteiger charge is 2.20. The Bertz CT molecular complexity index is 1410. The van der Waals surface area contributed by atoms with Crippen LogP contribution in [0, 0.1) is 10.1 Å². The van der Waals surface area contributed by atoms with Crippen LogP contribution in [0.2, 0.25) is 0 Å². The van der Waals surface area contributed by atoms with Crippen LogP contribution < -0.4 is 10.9 Å². The van der Waals surface area contributed by atoms with E-state index in [9.17, 15) is 24.5 Å². The summed E-state index contributed by atoms with van der Waals surface area (Å²) >= 11 is 0. The number of non-ortho nitro benzene ring substituents is 1. The Balaban J connectivity index is 1.68. The van der Waals surface area contributed by atoms with Crippen LogP contribution >= 0.6 is 0 Å². The quantitative estimate of drug-likeness (QED) is 0.286. The minimum atomic E-state index is -0.615. The van der Waals surface area contributed by atoms with Gasteiger partial charge in [0.1, 0.15) is 6.54 Å². The molecule has 0 atom stereocenters. The first-order valence-corrected chi connectivity index (χ1v) is 9.56. The normalized spacial score (nSPS) is 10.6. The van der Waals surface area contributed by atoms with Gasteiger partial charge in [-0.2, -0.15) is 0 Å². The smallest absolute Gasteiger partial charge is 0.270 e. The van der Waals surface area contributed by atoms with Crippen molar-refractivity contribution in [3.05, 3.63) is 111 Å². The summed E-state index contributed by atoms with van der Waals surface area (Å²) in [5.41, 5.74) is 0.711. The average Bonchev–Trinajstić information content (AvgIpc) is 2.81. The van der Waals surface area contributed by atoms with Gasteiger partial charge in [0.25, 0.3) is 11.2 Å². The van der Waals surface area contributed by atoms with Gasteiger partial charge in [-0.1, -0.05) is 42.5 Å². The Labute approximate surface area is 181 Å². The molecule has 0 aliphatic carbocycles. The predicted octanol–water partition coefficient (Wildman–Crippen LogP) is 3.17. The van der Waals surface area contributed by atoms with Gasteiger partial charge >= 0.3 is 0 Å². The number of carbonyl (C=O) groups is 2. The fraction of sp³-hybridized carbons (Fsp3) is 0.0435. The molecule has 1 heterocycles. The highest BCUT2D eigenvalue weighted by atomic mass is 16.6. The van der Waals surface area contributed by atoms with Crippen LogP contribution in [0.3, 0.4) is 0 Å². The molecule has 1 aromatic heterocycles. The van der Waals surface area contributed by atoms with E-state index in [2.05, 4.69) is 10.3 Å². The first kappa shape index (κ1) is 20.6. The Morgan fingerprint density at radius 1 is 1.00 bits per heavy atom. The number of hydrogen-bond donors (Lipinski definition) is 1. The van der Waals surface area contributed by atoms with Crippen molar-refractivity contribution in [2.24, 2.45) is 0 Å². The van der Waals surface area contributed by atoms with E-state index in [1.54, 1.807) is 54.6 Å². The largest absolute Gasteiger partial charge is 0.324 e. The number of nitrogens with zero attached hydrogens (tertiary/aromatic N) is 3. The lowest BCUT2D eigenvalue weighted by Gasteiger charge is -2.13. The molecule has 158 valence electrons. The molecule has 4 rings (SSSR count). The number of hydrogen-bond acceptors (Lipinski definition) is 6. The summed E-state index contributed by atoms with van der Waals surface area (Å²) in [6, 6.07) is 18.8. The number of fused-ring (bicyclic) bond motifs is 1. The zero-order valence-electron chi connectivity index (χ0n) is 16.6. The minimum Gasteiger partial charge on any atom is -0.324 e. The van der Waals surface area contributed by atoms with Crippen LogP contribution in [0.4, 0.5) is 11.4 Å². The van der Waals surface area contributed by atoms with Crippen molar-refractivity contribution in [1.29, 1.82) is 0 Å². The number of aromatic nitrogens is 2. The van der Waals surface area contributed by atoms with E-state index in [4.69, 9.17) is 0 Å². The van der Waals surface area contributed by atoms with Gasteiger partial charge < -0.3 is 5.32 Å². The van der Waals surface area contributed by atoms with Gasteiger partial charge in [0.15, 0.2) is 5.78 Å². The maximum absolute atomic E-state index is 13.0. The van der Waals surface area contributed by atoms with Crippen molar-refractivity contribution >= 4 is 34.1 Å². The molecule has 1 N–H and O–H groups in total. The van der Waals surface area contributed by atoms with Gasteiger partial charge in [0.2, 0.25) is 5.91 Å². The second-order valence-corrected chi connectivity index (χ2v) is 6.90. The Morgan fingerprint density at radius 2 is 1.72 bits per heavy atom. The summed E-state index contributed by atoms with van der Waals surface area (Å²) in [4.78, 5) is 52.7. The standard InChI is InChI=1S/C23H16N4O5/c28-21(14-26-20-9-5-4-8-19(20)24-13-22(26)29)25-18-11-10-16(27(31)32)12-17(18)23(30)15-6-2-1-3-7-15/h1-13H,14H2,(H,25,28). The zero-order chi connectivity index (χ0) is 22.7. The monoisotopic (exact) mass is 428 g/mol. The number of nitro groups is 1. The molecule has 0 spiro atoms. The van der Waals surface area contributed by atoms with Gasteiger partial charge in [-0.3, -0.25) is 29.1 Å². The summed E-state index contributed by atoms with van der Waals surface area (Å²) < 4.78 is 1.27. The number of rotatable bonds is 6. The van der Waals surface area contributed by atoms with Crippen molar-refractivity contribution in [2.75, 3.05) is 5.32 Å². The molecule has 0 fully saturated rings. The van der Waals surface area contributed by atoms with Crippen molar-refractivity contribution in [1.82, 2.24) is 9.55 Å². The lowest BCUT2D eigenvalue weighted by molar-refractivity contribution is -0.384. The minimum absolute atomic E-state index is 0.0225. The van der Waals surface area contributed by atoms with Gasteiger partial charge in [0, 0.05) is 17.7 Å². The van der Waals surface area contributed by atoms with Crippen LogP contribution in [0.25, 0.3) is 11.0 Å². The third-order valence-corrected chi connectivity index (χ3v) is 4.82.